The number of carbonyl (C=O) groups is 1. The van der Waals surface area contributed by atoms with Gasteiger partial charge in [0.1, 0.15) is 5.75 Å². The van der Waals surface area contributed by atoms with Crippen LogP contribution in [0.5, 0.6) is 5.75 Å². The highest BCUT2D eigenvalue weighted by molar-refractivity contribution is 7.99. The zero-order chi connectivity index (χ0) is 22.3. The maximum absolute atomic E-state index is 12.5. The summed E-state index contributed by atoms with van der Waals surface area (Å²) < 4.78 is 7.53. The smallest absolute Gasteiger partial charge is 0.234 e. The number of ether oxygens (including phenoxy) is 1. The van der Waals surface area contributed by atoms with Gasteiger partial charge < -0.3 is 10.1 Å². The minimum absolute atomic E-state index is 0.0960. The number of carbonyl (C=O) groups excluding carboxylic acids is 1. The van der Waals surface area contributed by atoms with Gasteiger partial charge in [0.15, 0.2) is 11.0 Å². The maximum Gasteiger partial charge on any atom is 0.234 e. The lowest BCUT2D eigenvalue weighted by molar-refractivity contribution is -0.113. The Morgan fingerprint density at radius 3 is 2.38 bits per heavy atom. The highest BCUT2D eigenvalue weighted by atomic mass is 32.2. The number of nitrogens with zero attached hydrogens (tertiary/aromatic N) is 3. The van der Waals surface area contributed by atoms with Crippen molar-refractivity contribution in [3.05, 3.63) is 84.4 Å². The van der Waals surface area contributed by atoms with Crippen LogP contribution in [0.15, 0.2) is 84.0 Å². The molecule has 0 aliphatic carbocycles. The molecule has 0 atom stereocenters. The number of hydrogen-bond acceptors (Lipinski definition) is 5. The minimum atomic E-state index is -0.0960. The molecule has 4 rings (SSSR count). The standard InChI is InChI=1S/C25H24N4O2S/c1-3-31-22-15-13-21(14-16-22)29-24(19-7-5-4-6-8-19)27-28-25(29)32-17-23(30)26-20-11-9-18(2)10-12-20/h4-16H,3,17H2,1-2H3,(H,26,30). The van der Waals surface area contributed by atoms with Crippen molar-refractivity contribution in [2.24, 2.45) is 0 Å². The van der Waals surface area contributed by atoms with Gasteiger partial charge in [0.2, 0.25) is 5.91 Å². The van der Waals surface area contributed by atoms with Crippen molar-refractivity contribution in [1.29, 1.82) is 0 Å². The molecule has 0 bridgehead atoms. The summed E-state index contributed by atoms with van der Waals surface area (Å²) in [7, 11) is 0. The molecule has 3 aromatic carbocycles. The first-order valence-corrected chi connectivity index (χ1v) is 11.4. The molecule has 4 aromatic rings. The molecule has 1 N–H and O–H groups in total. The van der Waals surface area contributed by atoms with Crippen LogP contribution < -0.4 is 10.1 Å². The molecule has 32 heavy (non-hydrogen) atoms. The Hall–Kier alpha value is -3.58. The van der Waals surface area contributed by atoms with Gasteiger partial charge in [-0.05, 0) is 50.2 Å². The first kappa shape index (κ1) is 21.6. The highest BCUT2D eigenvalue weighted by Crippen LogP contribution is 2.29. The van der Waals surface area contributed by atoms with E-state index in [1.165, 1.54) is 11.8 Å². The summed E-state index contributed by atoms with van der Waals surface area (Å²) in [4.78, 5) is 12.5. The van der Waals surface area contributed by atoms with E-state index in [9.17, 15) is 4.79 Å². The van der Waals surface area contributed by atoms with E-state index in [4.69, 9.17) is 4.74 Å². The molecule has 0 aliphatic heterocycles. The zero-order valence-electron chi connectivity index (χ0n) is 18.0. The second-order valence-corrected chi connectivity index (χ2v) is 8.08. The molecule has 0 fully saturated rings. The number of anilines is 1. The van der Waals surface area contributed by atoms with E-state index >= 15 is 0 Å². The molecule has 7 heteroatoms. The van der Waals surface area contributed by atoms with Gasteiger partial charge in [-0.3, -0.25) is 9.36 Å². The van der Waals surface area contributed by atoms with Gasteiger partial charge >= 0.3 is 0 Å². The summed E-state index contributed by atoms with van der Waals surface area (Å²) in [6.07, 6.45) is 0. The largest absolute Gasteiger partial charge is 0.494 e. The zero-order valence-corrected chi connectivity index (χ0v) is 18.8. The normalized spacial score (nSPS) is 10.7. The average molecular weight is 445 g/mol. The van der Waals surface area contributed by atoms with Crippen LogP contribution in [-0.2, 0) is 4.79 Å². The topological polar surface area (TPSA) is 69.0 Å². The van der Waals surface area contributed by atoms with E-state index in [1.807, 2.05) is 97.3 Å². The number of thioether (sulfide) groups is 1. The van der Waals surface area contributed by atoms with Crippen LogP contribution in [0.25, 0.3) is 17.1 Å². The van der Waals surface area contributed by atoms with E-state index in [-0.39, 0.29) is 11.7 Å². The summed E-state index contributed by atoms with van der Waals surface area (Å²) in [5.74, 6) is 1.65. The van der Waals surface area contributed by atoms with Gasteiger partial charge in [0.05, 0.1) is 12.4 Å². The van der Waals surface area contributed by atoms with E-state index in [1.54, 1.807) is 0 Å². The summed E-state index contributed by atoms with van der Waals surface area (Å²) in [6, 6.07) is 25.4. The van der Waals surface area contributed by atoms with E-state index in [0.29, 0.717) is 11.8 Å². The van der Waals surface area contributed by atoms with Gasteiger partial charge in [-0.25, -0.2) is 0 Å². The molecule has 162 valence electrons. The van der Waals surface area contributed by atoms with Crippen LogP contribution in [0.2, 0.25) is 0 Å². The number of aryl methyl sites for hydroxylation is 1. The molecule has 6 nitrogen and oxygen atoms in total. The van der Waals surface area contributed by atoms with Gasteiger partial charge in [-0.1, -0.05) is 59.8 Å². The molecule has 0 unspecified atom stereocenters. The first-order valence-electron chi connectivity index (χ1n) is 10.4. The van der Waals surface area contributed by atoms with Crippen molar-refractivity contribution in [3.8, 4) is 22.8 Å². The Labute approximate surface area is 191 Å². The monoisotopic (exact) mass is 444 g/mol. The lowest BCUT2D eigenvalue weighted by atomic mass is 10.2. The third-order valence-corrected chi connectivity index (χ3v) is 5.67. The quantitative estimate of drug-likeness (QED) is 0.370. The van der Waals surface area contributed by atoms with E-state index in [2.05, 4.69) is 15.5 Å². The van der Waals surface area contributed by atoms with Crippen molar-refractivity contribution in [3.63, 3.8) is 0 Å². The molecule has 0 aliphatic rings. The fourth-order valence-electron chi connectivity index (χ4n) is 3.19. The predicted octanol–water partition coefficient (Wildman–Crippen LogP) is 5.37. The van der Waals surface area contributed by atoms with Crippen molar-refractivity contribution in [1.82, 2.24) is 14.8 Å². The summed E-state index contributed by atoms with van der Waals surface area (Å²) in [6.45, 7) is 4.58. The number of amides is 1. The summed E-state index contributed by atoms with van der Waals surface area (Å²) in [5, 5.41) is 12.4. The third kappa shape index (κ3) is 5.18. The van der Waals surface area contributed by atoms with Crippen LogP contribution in [0.4, 0.5) is 5.69 Å². The van der Waals surface area contributed by atoms with Crippen molar-refractivity contribution in [2.45, 2.75) is 19.0 Å². The molecule has 0 saturated carbocycles. The molecule has 0 spiro atoms. The maximum atomic E-state index is 12.5. The molecule has 0 saturated heterocycles. The lowest BCUT2D eigenvalue weighted by Crippen LogP contribution is -2.14. The minimum Gasteiger partial charge on any atom is -0.494 e. The number of hydrogen-bond donors (Lipinski definition) is 1. The predicted molar refractivity (Wildman–Crippen MR) is 128 cm³/mol. The Bertz CT molecular complexity index is 1170. The van der Waals surface area contributed by atoms with Crippen LogP contribution in [-0.4, -0.2) is 33.0 Å². The molecular weight excluding hydrogens is 420 g/mol. The molecule has 0 radical (unpaired) electrons. The number of nitrogens with one attached hydrogen (secondary N) is 1. The SMILES string of the molecule is CCOc1ccc(-n2c(SCC(=O)Nc3ccc(C)cc3)nnc2-c2ccccc2)cc1. The van der Waals surface area contributed by atoms with Crippen molar-refractivity contribution < 1.29 is 9.53 Å². The van der Waals surface area contributed by atoms with Crippen molar-refractivity contribution >= 4 is 23.4 Å². The molecular formula is C25H24N4O2S. The molecule has 1 heterocycles. The number of benzene rings is 3. The van der Waals surface area contributed by atoms with Crippen LogP contribution in [0.1, 0.15) is 12.5 Å². The molecule has 1 amide bonds. The second kappa shape index (κ2) is 10.2. The Morgan fingerprint density at radius 2 is 1.69 bits per heavy atom. The van der Waals surface area contributed by atoms with Gasteiger partial charge in [-0.2, -0.15) is 0 Å². The summed E-state index contributed by atoms with van der Waals surface area (Å²) >= 11 is 1.35. The first-order chi connectivity index (χ1) is 15.6. The van der Waals surface area contributed by atoms with Gasteiger partial charge in [0.25, 0.3) is 0 Å². The average Bonchev–Trinajstić information content (AvgIpc) is 3.24. The summed E-state index contributed by atoms with van der Waals surface area (Å²) in [5.41, 5.74) is 3.78. The lowest BCUT2D eigenvalue weighted by Gasteiger charge is -2.11. The third-order valence-electron chi connectivity index (χ3n) is 4.74. The van der Waals surface area contributed by atoms with E-state index < -0.39 is 0 Å². The number of rotatable bonds is 8. The number of aromatic nitrogens is 3. The van der Waals surface area contributed by atoms with Crippen LogP contribution in [0, 0.1) is 6.92 Å². The second-order valence-electron chi connectivity index (χ2n) is 7.14. The van der Waals surface area contributed by atoms with Crippen molar-refractivity contribution in [2.75, 3.05) is 17.7 Å². The van der Waals surface area contributed by atoms with Gasteiger partial charge in [0, 0.05) is 16.9 Å². The Kier molecular flexibility index (Phi) is 6.87. The Morgan fingerprint density at radius 1 is 0.969 bits per heavy atom. The molecule has 1 aromatic heterocycles. The van der Waals surface area contributed by atoms with Gasteiger partial charge in [-0.15, -0.1) is 10.2 Å². The fourth-order valence-corrected chi connectivity index (χ4v) is 3.94. The Balaban J connectivity index is 1.58. The van der Waals surface area contributed by atoms with Crippen LogP contribution >= 0.6 is 11.8 Å². The highest BCUT2D eigenvalue weighted by Gasteiger charge is 2.17. The van der Waals surface area contributed by atoms with E-state index in [0.717, 1.165) is 34.1 Å². The van der Waals surface area contributed by atoms with Crippen LogP contribution in [0.3, 0.4) is 0 Å². The fraction of sp³-hybridized carbons (Fsp3) is 0.160.